The van der Waals surface area contributed by atoms with E-state index < -0.39 is 0 Å². The maximum atomic E-state index is 13.3. The van der Waals surface area contributed by atoms with Crippen LogP contribution in [-0.4, -0.2) is 25.9 Å². The van der Waals surface area contributed by atoms with Crippen LogP contribution >= 0.6 is 0 Å². The van der Waals surface area contributed by atoms with Crippen molar-refractivity contribution in [2.45, 2.75) is 31.6 Å². The first-order valence-electron chi connectivity index (χ1n) is 9.89. The summed E-state index contributed by atoms with van der Waals surface area (Å²) in [7, 11) is 3.13. The van der Waals surface area contributed by atoms with Crippen LogP contribution in [0, 0.1) is 11.3 Å². The Bertz CT molecular complexity index is 1100. The Labute approximate surface area is 175 Å². The van der Waals surface area contributed by atoms with Gasteiger partial charge in [-0.05, 0) is 42.7 Å². The van der Waals surface area contributed by atoms with E-state index in [0.29, 0.717) is 53.3 Å². The lowest BCUT2D eigenvalue weighted by Gasteiger charge is -2.38. The Morgan fingerprint density at radius 1 is 1.03 bits per heavy atom. The van der Waals surface area contributed by atoms with Crippen molar-refractivity contribution < 1.29 is 19.1 Å². The fraction of sp³-hybridized carbons (Fsp3) is 0.292. The van der Waals surface area contributed by atoms with Crippen molar-refractivity contribution in [1.82, 2.24) is 0 Å². The Morgan fingerprint density at radius 3 is 2.53 bits per heavy atom. The van der Waals surface area contributed by atoms with Crippen LogP contribution < -0.4 is 14.4 Å². The van der Waals surface area contributed by atoms with Gasteiger partial charge in [-0.3, -0.25) is 14.5 Å². The lowest BCUT2D eigenvalue weighted by Crippen LogP contribution is -2.40. The number of carbonyl (C=O) groups excluding carboxylic acids is 2. The molecule has 0 fully saturated rings. The average Bonchev–Trinajstić information content (AvgIpc) is 2.78. The predicted octanol–water partition coefficient (Wildman–Crippen LogP) is 4.10. The number of ether oxygens (including phenoxy) is 2. The maximum absolute atomic E-state index is 13.3. The SMILES string of the molecule is COc1ccc(C2CC(=O)N(c3ccccc3C#N)C3=C2C(=O)CCC3)cc1OC. The number of Topliss-reactive ketones (excluding diaryl/α,β-unsaturated/α-hetero) is 1. The second-order valence-corrected chi connectivity index (χ2v) is 7.37. The highest BCUT2D eigenvalue weighted by Crippen LogP contribution is 2.45. The number of carbonyl (C=O) groups is 2. The van der Waals surface area contributed by atoms with Crippen molar-refractivity contribution >= 4 is 17.4 Å². The monoisotopic (exact) mass is 402 g/mol. The number of allylic oxidation sites excluding steroid dienone is 2. The number of hydrogen-bond acceptors (Lipinski definition) is 5. The minimum Gasteiger partial charge on any atom is -0.493 e. The van der Waals surface area contributed by atoms with Gasteiger partial charge in [-0.15, -0.1) is 0 Å². The number of anilines is 1. The highest BCUT2D eigenvalue weighted by atomic mass is 16.5. The van der Waals surface area contributed by atoms with Crippen molar-refractivity contribution in [2.24, 2.45) is 0 Å². The number of nitriles is 1. The molecule has 0 N–H and O–H groups in total. The maximum Gasteiger partial charge on any atom is 0.232 e. The number of para-hydroxylation sites is 1. The highest BCUT2D eigenvalue weighted by molar-refractivity contribution is 6.08. The zero-order valence-electron chi connectivity index (χ0n) is 17.0. The van der Waals surface area contributed by atoms with Gasteiger partial charge < -0.3 is 9.47 Å². The molecule has 6 nitrogen and oxygen atoms in total. The molecule has 2 aromatic carbocycles. The Morgan fingerprint density at radius 2 is 1.80 bits per heavy atom. The molecule has 4 rings (SSSR count). The van der Waals surface area contributed by atoms with E-state index in [2.05, 4.69) is 6.07 Å². The Kier molecular flexibility index (Phi) is 5.28. The summed E-state index contributed by atoms with van der Waals surface area (Å²) in [5, 5.41) is 9.52. The predicted molar refractivity (Wildman–Crippen MR) is 111 cm³/mol. The van der Waals surface area contributed by atoms with E-state index in [1.165, 1.54) is 0 Å². The second kappa shape index (κ2) is 8.03. The summed E-state index contributed by atoms with van der Waals surface area (Å²) in [4.78, 5) is 27.9. The fourth-order valence-electron chi connectivity index (χ4n) is 4.39. The molecule has 1 unspecified atom stereocenters. The summed E-state index contributed by atoms with van der Waals surface area (Å²) in [6, 6.07) is 14.7. The molecule has 152 valence electrons. The number of methoxy groups -OCH3 is 2. The van der Waals surface area contributed by atoms with Crippen molar-refractivity contribution in [1.29, 1.82) is 5.26 Å². The third-order valence-electron chi connectivity index (χ3n) is 5.75. The van der Waals surface area contributed by atoms with E-state index in [1.807, 2.05) is 12.1 Å². The summed E-state index contributed by atoms with van der Waals surface area (Å²) < 4.78 is 10.7. The second-order valence-electron chi connectivity index (χ2n) is 7.37. The Balaban J connectivity index is 1.87. The number of ketones is 1. The zero-order valence-corrected chi connectivity index (χ0v) is 17.0. The molecule has 2 aliphatic rings. The van der Waals surface area contributed by atoms with E-state index in [4.69, 9.17) is 9.47 Å². The molecule has 0 bridgehead atoms. The number of hydrogen-bond donors (Lipinski definition) is 0. The van der Waals surface area contributed by atoms with Gasteiger partial charge in [0.2, 0.25) is 5.91 Å². The van der Waals surface area contributed by atoms with Crippen LogP contribution in [-0.2, 0) is 9.59 Å². The van der Waals surface area contributed by atoms with Crippen LogP contribution in [0.4, 0.5) is 5.69 Å². The van der Waals surface area contributed by atoms with Gasteiger partial charge in [0.1, 0.15) is 6.07 Å². The van der Waals surface area contributed by atoms with Gasteiger partial charge >= 0.3 is 0 Å². The summed E-state index contributed by atoms with van der Waals surface area (Å²) in [5.74, 6) is 0.752. The molecule has 6 heteroatoms. The number of amides is 1. The molecule has 30 heavy (non-hydrogen) atoms. The molecule has 0 saturated carbocycles. The molecule has 1 amide bonds. The zero-order chi connectivity index (χ0) is 21.3. The molecule has 1 aliphatic carbocycles. The molecule has 0 aromatic heterocycles. The first kappa shape index (κ1) is 19.7. The van der Waals surface area contributed by atoms with Crippen LogP contribution in [0.1, 0.15) is 42.7 Å². The largest absolute Gasteiger partial charge is 0.493 e. The van der Waals surface area contributed by atoms with E-state index in [9.17, 15) is 14.9 Å². The minimum atomic E-state index is -0.342. The van der Waals surface area contributed by atoms with Crippen molar-refractivity contribution in [2.75, 3.05) is 19.1 Å². The van der Waals surface area contributed by atoms with Crippen LogP contribution in [0.5, 0.6) is 11.5 Å². The van der Waals surface area contributed by atoms with E-state index in [1.54, 1.807) is 49.5 Å². The molecule has 0 spiro atoms. The van der Waals surface area contributed by atoms with Crippen molar-refractivity contribution in [3.05, 3.63) is 64.9 Å². The average molecular weight is 402 g/mol. The summed E-state index contributed by atoms with van der Waals surface area (Å²) in [5.41, 5.74) is 3.18. The van der Waals surface area contributed by atoms with Crippen LogP contribution in [0.3, 0.4) is 0 Å². The van der Waals surface area contributed by atoms with Gasteiger partial charge in [0.25, 0.3) is 0 Å². The normalized spacial score (nSPS) is 18.7. The van der Waals surface area contributed by atoms with Crippen LogP contribution in [0.2, 0.25) is 0 Å². The third kappa shape index (κ3) is 3.22. The quantitative estimate of drug-likeness (QED) is 0.769. The highest BCUT2D eigenvalue weighted by Gasteiger charge is 2.40. The minimum absolute atomic E-state index is 0.0583. The standard InChI is InChI=1S/C24H22N2O4/c1-29-21-11-10-15(12-22(21)30-2)17-13-23(28)26(18-7-4-3-6-16(18)14-25)19-8-5-9-20(27)24(17)19/h3-4,6-7,10-12,17H,5,8-9,13H2,1-2H3. The third-order valence-corrected chi connectivity index (χ3v) is 5.75. The molecular weight excluding hydrogens is 380 g/mol. The van der Waals surface area contributed by atoms with Gasteiger partial charge in [-0.2, -0.15) is 5.26 Å². The van der Waals surface area contributed by atoms with E-state index in [0.717, 1.165) is 5.56 Å². The fourth-order valence-corrected chi connectivity index (χ4v) is 4.39. The number of rotatable bonds is 4. The Hall–Kier alpha value is -3.59. The summed E-state index contributed by atoms with van der Waals surface area (Å²) in [6.45, 7) is 0. The van der Waals surface area contributed by atoms with Gasteiger partial charge in [0, 0.05) is 30.0 Å². The first-order chi connectivity index (χ1) is 14.6. The molecule has 1 heterocycles. The summed E-state index contributed by atoms with van der Waals surface area (Å²) in [6.07, 6.45) is 1.93. The topological polar surface area (TPSA) is 79.6 Å². The summed E-state index contributed by atoms with van der Waals surface area (Å²) >= 11 is 0. The molecule has 0 saturated heterocycles. The molecular formula is C24H22N2O4. The molecule has 1 aliphatic heterocycles. The first-order valence-corrected chi connectivity index (χ1v) is 9.89. The van der Waals surface area contributed by atoms with E-state index >= 15 is 0 Å². The lowest BCUT2D eigenvalue weighted by atomic mass is 9.77. The number of benzene rings is 2. The smallest absolute Gasteiger partial charge is 0.232 e. The van der Waals surface area contributed by atoms with Gasteiger partial charge in [-0.1, -0.05) is 18.2 Å². The van der Waals surface area contributed by atoms with Crippen molar-refractivity contribution in [3.8, 4) is 17.6 Å². The van der Waals surface area contributed by atoms with Gasteiger partial charge in [0.05, 0.1) is 25.5 Å². The van der Waals surface area contributed by atoms with Gasteiger partial charge in [-0.25, -0.2) is 0 Å². The molecule has 1 atom stereocenters. The van der Waals surface area contributed by atoms with Gasteiger partial charge in [0.15, 0.2) is 17.3 Å². The van der Waals surface area contributed by atoms with Crippen LogP contribution in [0.15, 0.2) is 53.7 Å². The molecule has 0 radical (unpaired) electrons. The van der Waals surface area contributed by atoms with E-state index in [-0.39, 0.29) is 24.0 Å². The lowest BCUT2D eigenvalue weighted by molar-refractivity contribution is -0.119. The number of nitrogens with zero attached hydrogens (tertiary/aromatic N) is 2. The molecule has 2 aromatic rings. The van der Waals surface area contributed by atoms with Crippen LogP contribution in [0.25, 0.3) is 0 Å². The van der Waals surface area contributed by atoms with Crippen molar-refractivity contribution in [3.63, 3.8) is 0 Å².